The van der Waals surface area contributed by atoms with Crippen LogP contribution in [0.4, 0.5) is 9.59 Å². The largest absolute Gasteiger partial charge is 0.445 e. The summed E-state index contributed by atoms with van der Waals surface area (Å²) in [5.74, 6) is 0. The van der Waals surface area contributed by atoms with Gasteiger partial charge in [-0.05, 0) is 48.2 Å². The number of carbonyl (C=O) groups is 2. The van der Waals surface area contributed by atoms with Crippen LogP contribution in [0, 0.1) is 0 Å². The van der Waals surface area contributed by atoms with Gasteiger partial charge in [0.25, 0.3) is 8.32 Å². The van der Waals surface area contributed by atoms with Crippen LogP contribution in [0.3, 0.4) is 0 Å². The van der Waals surface area contributed by atoms with Crippen LogP contribution >= 0.6 is 0 Å². The maximum absolute atomic E-state index is 13.3. The van der Waals surface area contributed by atoms with Crippen LogP contribution < -0.4 is 21.0 Å². The molecule has 0 aliphatic carbocycles. The molecule has 0 fully saturated rings. The number of benzene rings is 3. The Morgan fingerprint density at radius 2 is 1.36 bits per heavy atom. The Labute approximate surface area is 299 Å². The number of ether oxygens (including phenoxy) is 4. The number of nitrogens with one attached hydrogen (secondary N) is 2. The monoisotopic (exact) mass is 702 g/mol. The zero-order valence-corrected chi connectivity index (χ0v) is 31.6. The molecule has 50 heavy (non-hydrogen) atoms. The average Bonchev–Trinajstić information content (AvgIpc) is 3.07. The highest BCUT2D eigenvalue weighted by atomic mass is 28.4. The fourth-order valence-corrected chi connectivity index (χ4v) is 10.4. The number of amides is 2. The molecule has 0 heterocycles. The Morgan fingerprint density at radius 1 is 0.820 bits per heavy atom. The summed E-state index contributed by atoms with van der Waals surface area (Å²) in [6, 6.07) is 28.4. The highest BCUT2D eigenvalue weighted by molar-refractivity contribution is 6.99. The molecule has 9 nitrogen and oxygen atoms in total. The van der Waals surface area contributed by atoms with Crippen molar-refractivity contribution in [2.24, 2.45) is 0 Å². The first-order chi connectivity index (χ1) is 23.7. The molecular weight excluding hydrogens is 649 g/mol. The third-order valence-electron chi connectivity index (χ3n) is 8.02. The van der Waals surface area contributed by atoms with Crippen molar-refractivity contribution in [2.75, 3.05) is 20.5 Å². The van der Waals surface area contributed by atoms with Gasteiger partial charge >= 0.3 is 12.2 Å². The molecule has 10 heteroatoms. The summed E-state index contributed by atoms with van der Waals surface area (Å²) in [4.78, 5) is 26.5. The Bertz CT molecular complexity index is 1470. The van der Waals surface area contributed by atoms with E-state index in [1.807, 2.05) is 66.7 Å². The van der Waals surface area contributed by atoms with Crippen molar-refractivity contribution in [3.05, 3.63) is 121 Å². The highest BCUT2D eigenvalue weighted by Crippen LogP contribution is 2.37. The van der Waals surface area contributed by atoms with Crippen LogP contribution in [-0.4, -0.2) is 64.8 Å². The molecule has 0 aliphatic heterocycles. The predicted molar refractivity (Wildman–Crippen MR) is 201 cm³/mol. The second-order valence-corrected chi connectivity index (χ2v) is 18.5. The second kappa shape index (κ2) is 18.7. The van der Waals surface area contributed by atoms with Crippen LogP contribution in [0.5, 0.6) is 0 Å². The summed E-state index contributed by atoms with van der Waals surface area (Å²) in [6.45, 7) is 20.5. The number of rotatable bonds is 17. The minimum Gasteiger partial charge on any atom is -0.445 e. The van der Waals surface area contributed by atoms with Gasteiger partial charge in [-0.2, -0.15) is 0 Å². The van der Waals surface area contributed by atoms with E-state index >= 15 is 0 Å². The molecule has 3 aromatic carbocycles. The van der Waals surface area contributed by atoms with Crippen LogP contribution in [0.1, 0.15) is 53.5 Å². The van der Waals surface area contributed by atoms with Gasteiger partial charge in [0.15, 0.2) is 0 Å². The van der Waals surface area contributed by atoms with Crippen molar-refractivity contribution in [1.29, 1.82) is 0 Å². The van der Waals surface area contributed by atoms with Gasteiger partial charge < -0.3 is 34.0 Å². The van der Waals surface area contributed by atoms with Crippen LogP contribution in [0.2, 0.25) is 5.04 Å². The molecule has 3 aromatic rings. The van der Waals surface area contributed by atoms with E-state index in [-0.39, 0.29) is 31.5 Å². The fourth-order valence-electron chi connectivity index (χ4n) is 5.85. The normalized spacial score (nSPS) is 13.7. The summed E-state index contributed by atoms with van der Waals surface area (Å²) in [5, 5.41) is 7.89. The SMILES string of the molecule is C=C[C@@H](OCOC)[C@H](NC(=O)OC(C)(C)C)[C@H](CC(=C)CO[Si](c1ccccc1)(c1ccccc1)C(C)(C)C)NC(=O)OCc1ccccc1. The van der Waals surface area contributed by atoms with Gasteiger partial charge in [0.1, 0.15) is 25.1 Å². The molecular formula is C40H54N2O7Si. The van der Waals surface area contributed by atoms with E-state index in [9.17, 15) is 9.59 Å². The molecule has 0 radical (unpaired) electrons. The zero-order valence-electron chi connectivity index (χ0n) is 30.6. The van der Waals surface area contributed by atoms with Crippen molar-refractivity contribution in [3.63, 3.8) is 0 Å². The van der Waals surface area contributed by atoms with Crippen LogP contribution in [0.25, 0.3) is 0 Å². The minimum atomic E-state index is -2.89. The van der Waals surface area contributed by atoms with Crippen molar-refractivity contribution < 1.29 is 33.0 Å². The van der Waals surface area contributed by atoms with Crippen molar-refractivity contribution in [1.82, 2.24) is 10.6 Å². The molecule has 0 spiro atoms. The molecule has 2 N–H and O–H groups in total. The Balaban J connectivity index is 1.97. The first-order valence-electron chi connectivity index (χ1n) is 16.8. The molecule has 0 aliphatic rings. The van der Waals surface area contributed by atoms with Gasteiger partial charge in [-0.1, -0.05) is 130 Å². The molecule has 2 amide bonds. The highest BCUT2D eigenvalue weighted by Gasteiger charge is 2.50. The number of hydrogen-bond acceptors (Lipinski definition) is 7. The van der Waals surface area contributed by atoms with Crippen molar-refractivity contribution in [2.45, 2.75) is 83.4 Å². The van der Waals surface area contributed by atoms with E-state index in [1.54, 1.807) is 26.8 Å². The molecule has 270 valence electrons. The topological polar surface area (TPSA) is 104 Å². The van der Waals surface area contributed by atoms with E-state index in [2.05, 4.69) is 68.8 Å². The molecule has 3 rings (SSSR count). The lowest BCUT2D eigenvalue weighted by Crippen LogP contribution is -2.66. The molecule has 0 unspecified atom stereocenters. The van der Waals surface area contributed by atoms with Crippen molar-refractivity contribution >= 4 is 30.9 Å². The molecule has 0 aromatic heterocycles. The van der Waals surface area contributed by atoms with E-state index in [1.165, 1.54) is 7.11 Å². The average molecular weight is 703 g/mol. The first-order valence-corrected chi connectivity index (χ1v) is 18.7. The van der Waals surface area contributed by atoms with Crippen molar-refractivity contribution in [3.8, 4) is 0 Å². The van der Waals surface area contributed by atoms with Gasteiger partial charge in [0, 0.05) is 7.11 Å². The van der Waals surface area contributed by atoms with E-state index < -0.39 is 44.3 Å². The number of alkyl carbamates (subject to hydrolysis) is 2. The van der Waals surface area contributed by atoms with Crippen LogP contribution in [-0.2, 0) is 30.0 Å². The predicted octanol–water partition coefficient (Wildman–Crippen LogP) is 6.87. The summed E-state index contributed by atoms with van der Waals surface area (Å²) in [7, 11) is -1.39. The van der Waals surface area contributed by atoms with Gasteiger partial charge in [-0.15, -0.1) is 6.58 Å². The van der Waals surface area contributed by atoms with Gasteiger partial charge in [-0.3, -0.25) is 0 Å². The van der Waals surface area contributed by atoms with Gasteiger partial charge in [0.2, 0.25) is 0 Å². The summed E-state index contributed by atoms with van der Waals surface area (Å²) in [6.07, 6.45) is -0.390. The number of hydrogen-bond donors (Lipinski definition) is 2. The summed E-state index contributed by atoms with van der Waals surface area (Å²) >= 11 is 0. The second-order valence-electron chi connectivity index (χ2n) is 14.2. The Kier molecular flexibility index (Phi) is 15.0. The van der Waals surface area contributed by atoms with Gasteiger partial charge in [-0.25, -0.2) is 9.59 Å². The zero-order chi connectivity index (χ0) is 36.8. The third-order valence-corrected chi connectivity index (χ3v) is 13.0. The number of methoxy groups -OCH3 is 1. The van der Waals surface area contributed by atoms with E-state index in [4.69, 9.17) is 23.4 Å². The maximum Gasteiger partial charge on any atom is 0.408 e. The third kappa shape index (κ3) is 11.7. The molecule has 3 atom stereocenters. The van der Waals surface area contributed by atoms with E-state index in [0.29, 0.717) is 5.57 Å². The molecule has 0 saturated heterocycles. The van der Waals surface area contributed by atoms with E-state index in [0.717, 1.165) is 15.9 Å². The van der Waals surface area contributed by atoms with Crippen LogP contribution in [0.15, 0.2) is 116 Å². The lowest BCUT2D eigenvalue weighted by Gasteiger charge is -2.43. The lowest BCUT2D eigenvalue weighted by molar-refractivity contribution is -0.0698. The Morgan fingerprint density at radius 3 is 1.84 bits per heavy atom. The molecule has 0 bridgehead atoms. The Hall–Kier alpha value is -4.22. The summed E-state index contributed by atoms with van der Waals surface area (Å²) in [5.41, 5.74) is 0.756. The summed E-state index contributed by atoms with van der Waals surface area (Å²) < 4.78 is 29.4. The lowest BCUT2D eigenvalue weighted by atomic mass is 9.96. The minimum absolute atomic E-state index is 0.0620. The fraction of sp³-hybridized carbons (Fsp3) is 0.400. The molecule has 0 saturated carbocycles. The quantitative estimate of drug-likeness (QED) is 0.0899. The van der Waals surface area contributed by atoms with Gasteiger partial charge in [0.05, 0.1) is 18.7 Å². The maximum atomic E-state index is 13.3. The smallest absolute Gasteiger partial charge is 0.408 e. The number of carbonyl (C=O) groups excluding carboxylic acids is 2. The standard InChI is InChI=1S/C40H54N2O7Si/c1-10-35(47-29-45-9)36(42-38(44)49-39(3,4)5)34(41-37(43)46-28-31-20-14-11-15-21-31)26-30(2)27-48-50(40(6,7)8,32-22-16-12-17-23-32)33-24-18-13-19-25-33/h10-25,34-36H,1-2,26-29H2,3-9H3,(H,41,43)(H,42,44)/t34-,35+,36+/m0/s1. The first kappa shape index (κ1) is 40.2.